The number of piperazine rings is 1. The molecule has 1 saturated carbocycles. The summed E-state index contributed by atoms with van der Waals surface area (Å²) in [4.78, 5) is 17.3. The molecule has 1 aromatic rings. The minimum Gasteiger partial charge on any atom is -0.497 e. The van der Waals surface area contributed by atoms with E-state index in [2.05, 4.69) is 28.9 Å². The molecule has 3 unspecified atom stereocenters. The molecule has 138 valence electrons. The van der Waals surface area contributed by atoms with E-state index in [9.17, 15) is 4.79 Å². The molecule has 5 heteroatoms. The van der Waals surface area contributed by atoms with E-state index in [1.165, 1.54) is 5.56 Å². The molecule has 2 aliphatic rings. The van der Waals surface area contributed by atoms with Crippen LogP contribution in [-0.2, 0) is 4.79 Å². The van der Waals surface area contributed by atoms with Crippen molar-refractivity contribution in [3.8, 4) is 5.75 Å². The van der Waals surface area contributed by atoms with Crippen molar-refractivity contribution in [1.29, 1.82) is 0 Å². The lowest BCUT2D eigenvalue weighted by molar-refractivity contribution is -0.138. The van der Waals surface area contributed by atoms with Crippen LogP contribution in [0.25, 0.3) is 0 Å². The van der Waals surface area contributed by atoms with Crippen molar-refractivity contribution in [2.75, 3.05) is 33.3 Å². The molecule has 2 N–H and O–H groups in total. The van der Waals surface area contributed by atoms with Gasteiger partial charge in [0.15, 0.2) is 0 Å². The average Bonchev–Trinajstić information content (AvgIpc) is 2.67. The fourth-order valence-corrected chi connectivity index (χ4v) is 4.15. The second-order valence-electron chi connectivity index (χ2n) is 7.44. The van der Waals surface area contributed by atoms with Crippen LogP contribution in [0.1, 0.15) is 44.2 Å². The van der Waals surface area contributed by atoms with Crippen molar-refractivity contribution in [3.05, 3.63) is 29.8 Å². The number of methoxy groups -OCH3 is 1. The van der Waals surface area contributed by atoms with E-state index in [1.54, 1.807) is 7.11 Å². The highest BCUT2D eigenvalue weighted by molar-refractivity contribution is 5.79. The largest absolute Gasteiger partial charge is 0.497 e. The lowest BCUT2D eigenvalue weighted by Crippen LogP contribution is -2.51. The number of amides is 1. The Bertz CT molecular complexity index is 584. The number of carbonyl (C=O) groups is 1. The molecular formula is C20H31N3O2. The third-order valence-corrected chi connectivity index (χ3v) is 5.81. The van der Waals surface area contributed by atoms with Crippen LogP contribution in [0.3, 0.4) is 0 Å². The Balaban J connectivity index is 1.55. The van der Waals surface area contributed by atoms with E-state index in [4.69, 9.17) is 10.5 Å². The first-order valence-electron chi connectivity index (χ1n) is 9.51. The Morgan fingerprint density at radius 2 is 2.00 bits per heavy atom. The van der Waals surface area contributed by atoms with E-state index in [-0.39, 0.29) is 12.0 Å². The van der Waals surface area contributed by atoms with Crippen LogP contribution >= 0.6 is 0 Å². The first-order valence-corrected chi connectivity index (χ1v) is 9.51. The van der Waals surface area contributed by atoms with Crippen molar-refractivity contribution >= 4 is 5.91 Å². The molecule has 0 aromatic heterocycles. The molecule has 0 radical (unpaired) electrons. The summed E-state index contributed by atoms with van der Waals surface area (Å²) in [5, 5.41) is 0. The third-order valence-electron chi connectivity index (χ3n) is 5.81. The van der Waals surface area contributed by atoms with Crippen molar-refractivity contribution in [2.45, 2.75) is 44.7 Å². The second-order valence-corrected chi connectivity index (χ2v) is 7.44. The summed E-state index contributed by atoms with van der Waals surface area (Å²) < 4.78 is 5.34. The Morgan fingerprint density at radius 1 is 1.24 bits per heavy atom. The van der Waals surface area contributed by atoms with Crippen molar-refractivity contribution in [2.24, 2.45) is 11.7 Å². The van der Waals surface area contributed by atoms with Gasteiger partial charge in [0.25, 0.3) is 0 Å². The number of carbonyl (C=O) groups excluding carboxylic acids is 1. The van der Waals surface area contributed by atoms with E-state index >= 15 is 0 Å². The predicted molar refractivity (Wildman–Crippen MR) is 99.5 cm³/mol. The average molecular weight is 345 g/mol. The van der Waals surface area contributed by atoms with Crippen LogP contribution < -0.4 is 10.5 Å². The predicted octanol–water partition coefficient (Wildman–Crippen LogP) is 2.42. The first-order chi connectivity index (χ1) is 12.1. The summed E-state index contributed by atoms with van der Waals surface area (Å²) in [6.45, 7) is 5.70. The van der Waals surface area contributed by atoms with Gasteiger partial charge in [-0.25, -0.2) is 0 Å². The summed E-state index contributed by atoms with van der Waals surface area (Å²) >= 11 is 0. The Labute approximate surface area is 151 Å². The van der Waals surface area contributed by atoms with E-state index in [0.29, 0.717) is 11.9 Å². The third kappa shape index (κ3) is 4.33. The molecule has 1 aliphatic carbocycles. The summed E-state index contributed by atoms with van der Waals surface area (Å²) in [6.07, 6.45) is 4.02. The lowest BCUT2D eigenvalue weighted by Gasteiger charge is -2.40. The van der Waals surface area contributed by atoms with Gasteiger partial charge in [-0.1, -0.05) is 18.6 Å². The molecule has 1 aliphatic heterocycles. The summed E-state index contributed by atoms with van der Waals surface area (Å²) in [7, 11) is 1.70. The molecule has 25 heavy (non-hydrogen) atoms. The van der Waals surface area contributed by atoms with Crippen LogP contribution in [0, 0.1) is 5.92 Å². The van der Waals surface area contributed by atoms with Crippen LogP contribution in [0.5, 0.6) is 5.75 Å². The molecule has 0 spiro atoms. The zero-order valence-electron chi connectivity index (χ0n) is 15.5. The van der Waals surface area contributed by atoms with Crippen LogP contribution in [-0.4, -0.2) is 55.0 Å². The smallest absolute Gasteiger partial charge is 0.225 e. The quantitative estimate of drug-likeness (QED) is 0.910. The normalized spacial score (nSPS) is 26.3. The van der Waals surface area contributed by atoms with Crippen LogP contribution in [0.15, 0.2) is 24.3 Å². The SMILES string of the molecule is COc1cccc(C(C)N2CCN(C(=O)C3CCCC(N)C3)CC2)c1. The second kappa shape index (κ2) is 8.19. The highest BCUT2D eigenvalue weighted by Gasteiger charge is 2.31. The summed E-state index contributed by atoms with van der Waals surface area (Å²) in [6, 6.07) is 8.80. The highest BCUT2D eigenvalue weighted by Crippen LogP contribution is 2.27. The maximum absolute atomic E-state index is 12.8. The maximum Gasteiger partial charge on any atom is 0.225 e. The van der Waals surface area contributed by atoms with Crippen molar-refractivity contribution in [1.82, 2.24) is 9.80 Å². The molecule has 1 aromatic carbocycles. The molecule has 3 rings (SSSR count). The zero-order valence-corrected chi connectivity index (χ0v) is 15.5. The molecule has 5 nitrogen and oxygen atoms in total. The fourth-order valence-electron chi connectivity index (χ4n) is 4.15. The van der Waals surface area contributed by atoms with Gasteiger partial charge in [0.2, 0.25) is 5.91 Å². The standard InChI is InChI=1S/C20H31N3O2/c1-15(16-5-4-8-19(14-16)25-2)22-9-11-23(12-10-22)20(24)17-6-3-7-18(21)13-17/h4-5,8,14-15,17-18H,3,6-7,9-13,21H2,1-2H3. The Kier molecular flexibility index (Phi) is 5.97. The number of hydrogen-bond acceptors (Lipinski definition) is 4. The Hall–Kier alpha value is -1.59. The molecule has 1 heterocycles. The summed E-state index contributed by atoms with van der Waals surface area (Å²) in [5.74, 6) is 1.36. The van der Waals surface area contributed by atoms with Crippen LogP contribution in [0.4, 0.5) is 0 Å². The minimum absolute atomic E-state index is 0.145. The lowest BCUT2D eigenvalue weighted by atomic mass is 9.85. The molecule has 0 bridgehead atoms. The van der Waals surface area contributed by atoms with E-state index in [0.717, 1.165) is 57.6 Å². The number of nitrogens with zero attached hydrogens (tertiary/aromatic N) is 2. The summed E-state index contributed by atoms with van der Waals surface area (Å²) in [5.41, 5.74) is 7.31. The minimum atomic E-state index is 0.145. The number of ether oxygens (including phenoxy) is 1. The number of hydrogen-bond donors (Lipinski definition) is 1. The van der Waals surface area contributed by atoms with Crippen LogP contribution in [0.2, 0.25) is 0 Å². The number of benzene rings is 1. The van der Waals surface area contributed by atoms with Gasteiger partial charge in [-0.15, -0.1) is 0 Å². The molecule has 1 amide bonds. The van der Waals surface area contributed by atoms with Gasteiger partial charge >= 0.3 is 0 Å². The van der Waals surface area contributed by atoms with Gasteiger partial charge in [-0.2, -0.15) is 0 Å². The van der Waals surface area contributed by atoms with Gasteiger partial charge in [0.1, 0.15) is 5.75 Å². The van der Waals surface area contributed by atoms with Gasteiger partial charge in [-0.3, -0.25) is 9.69 Å². The molecule has 3 atom stereocenters. The monoisotopic (exact) mass is 345 g/mol. The number of nitrogens with two attached hydrogens (primary N) is 1. The van der Waals surface area contributed by atoms with Gasteiger partial charge in [0, 0.05) is 44.2 Å². The number of rotatable bonds is 4. The zero-order chi connectivity index (χ0) is 17.8. The highest BCUT2D eigenvalue weighted by atomic mass is 16.5. The van der Waals surface area contributed by atoms with E-state index in [1.807, 2.05) is 12.1 Å². The molecular weight excluding hydrogens is 314 g/mol. The van der Waals surface area contributed by atoms with E-state index < -0.39 is 0 Å². The maximum atomic E-state index is 12.8. The molecule has 1 saturated heterocycles. The Morgan fingerprint density at radius 3 is 2.68 bits per heavy atom. The van der Waals surface area contributed by atoms with Crippen molar-refractivity contribution < 1.29 is 9.53 Å². The first kappa shape index (κ1) is 18.2. The fraction of sp³-hybridized carbons (Fsp3) is 0.650. The van der Waals surface area contributed by atoms with Crippen molar-refractivity contribution in [3.63, 3.8) is 0 Å². The van der Waals surface area contributed by atoms with Gasteiger partial charge in [-0.05, 0) is 43.9 Å². The van der Waals surface area contributed by atoms with Gasteiger partial charge < -0.3 is 15.4 Å². The molecule has 2 fully saturated rings. The van der Waals surface area contributed by atoms with Gasteiger partial charge in [0.05, 0.1) is 7.11 Å². The topological polar surface area (TPSA) is 58.8 Å².